The van der Waals surface area contributed by atoms with E-state index in [9.17, 15) is 9.59 Å². The normalized spacial score (nSPS) is 17.9. The Morgan fingerprint density at radius 1 is 1.17 bits per heavy atom. The molecule has 0 atom stereocenters. The zero-order chi connectivity index (χ0) is 20.4. The summed E-state index contributed by atoms with van der Waals surface area (Å²) in [6.07, 6.45) is 2.28. The molecule has 2 heterocycles. The van der Waals surface area contributed by atoms with Gasteiger partial charge in [0.15, 0.2) is 5.76 Å². The molecular formula is C21H22ClN3O4. The zero-order valence-electron chi connectivity index (χ0n) is 16.2. The number of nitrogens with zero attached hydrogens (tertiary/aromatic N) is 2. The summed E-state index contributed by atoms with van der Waals surface area (Å²) in [5.41, 5.74) is 5.26. The Bertz CT molecular complexity index is 976. The molecule has 2 amide bonds. The second-order valence-corrected chi connectivity index (χ2v) is 7.50. The first kappa shape index (κ1) is 19.7. The summed E-state index contributed by atoms with van der Waals surface area (Å²) >= 11 is 6.08. The molecule has 0 unspecified atom stereocenters. The molecule has 1 aromatic carbocycles. The number of benzene rings is 1. The molecule has 7 nitrogen and oxygen atoms in total. The average molecular weight is 416 g/mol. The molecule has 1 aliphatic heterocycles. The maximum atomic E-state index is 12.9. The van der Waals surface area contributed by atoms with Crippen LogP contribution in [0.15, 0.2) is 33.8 Å². The molecule has 1 saturated heterocycles. The number of aryl methyl sites for hydroxylation is 1. The summed E-state index contributed by atoms with van der Waals surface area (Å²) < 4.78 is 11.3. The van der Waals surface area contributed by atoms with Crippen LogP contribution in [0.2, 0.25) is 5.02 Å². The first-order chi connectivity index (χ1) is 14.1. The van der Waals surface area contributed by atoms with E-state index in [-0.39, 0.29) is 11.8 Å². The molecule has 1 aliphatic carbocycles. The highest BCUT2D eigenvalue weighted by molar-refractivity contribution is 6.33. The number of amides is 2. The van der Waals surface area contributed by atoms with E-state index in [2.05, 4.69) is 10.5 Å². The first-order valence-electron chi connectivity index (χ1n) is 9.67. The lowest BCUT2D eigenvalue weighted by molar-refractivity contribution is 0.0281. The molecule has 4 rings (SSSR count). The lowest BCUT2D eigenvalue weighted by Crippen LogP contribution is -2.40. The number of rotatable bonds is 3. The summed E-state index contributed by atoms with van der Waals surface area (Å²) in [4.78, 5) is 27.1. The van der Waals surface area contributed by atoms with Crippen LogP contribution in [0.3, 0.4) is 0 Å². The van der Waals surface area contributed by atoms with Gasteiger partial charge >= 0.3 is 0 Å². The van der Waals surface area contributed by atoms with E-state index in [0.29, 0.717) is 54.8 Å². The maximum absolute atomic E-state index is 12.9. The minimum atomic E-state index is -0.374. The van der Waals surface area contributed by atoms with E-state index < -0.39 is 0 Å². The lowest BCUT2D eigenvalue weighted by atomic mass is 9.93. The Morgan fingerprint density at radius 3 is 2.69 bits per heavy atom. The van der Waals surface area contributed by atoms with Crippen LogP contribution >= 0.6 is 11.6 Å². The number of fused-ring (bicyclic) bond motifs is 1. The monoisotopic (exact) mass is 415 g/mol. The second kappa shape index (κ2) is 8.39. The lowest BCUT2D eigenvalue weighted by Gasteiger charge is -2.26. The van der Waals surface area contributed by atoms with Gasteiger partial charge in [0.2, 0.25) is 0 Å². The van der Waals surface area contributed by atoms with Gasteiger partial charge in [0, 0.05) is 30.6 Å². The van der Waals surface area contributed by atoms with Gasteiger partial charge in [-0.25, -0.2) is 5.43 Å². The van der Waals surface area contributed by atoms with Crippen LogP contribution in [0.5, 0.6) is 0 Å². The van der Waals surface area contributed by atoms with Gasteiger partial charge < -0.3 is 14.1 Å². The van der Waals surface area contributed by atoms with Crippen molar-refractivity contribution in [2.75, 3.05) is 26.3 Å². The van der Waals surface area contributed by atoms with Crippen molar-refractivity contribution in [2.24, 2.45) is 5.10 Å². The zero-order valence-corrected chi connectivity index (χ0v) is 16.9. The maximum Gasteiger partial charge on any atom is 0.290 e. The largest absolute Gasteiger partial charge is 0.455 e. The number of furan rings is 1. The number of nitrogens with one attached hydrogen (secondary N) is 1. The predicted molar refractivity (Wildman–Crippen MR) is 109 cm³/mol. The topological polar surface area (TPSA) is 84.1 Å². The molecule has 2 aromatic rings. The molecular weight excluding hydrogens is 394 g/mol. The number of carbonyl (C=O) groups excluding carboxylic acids is 2. The summed E-state index contributed by atoms with van der Waals surface area (Å²) in [6, 6.07) is 6.81. The molecule has 2 aliphatic rings. The minimum Gasteiger partial charge on any atom is -0.455 e. The van der Waals surface area contributed by atoms with Gasteiger partial charge in [0.05, 0.1) is 29.5 Å². The summed E-state index contributed by atoms with van der Waals surface area (Å²) in [6.45, 7) is 4.04. The SMILES string of the molecule is Cc1c(C(=O)N2CCOCC2)oc2c1/C(=N/NC(=O)c1ccccc1Cl)CCC2. The van der Waals surface area contributed by atoms with Crippen molar-refractivity contribution < 1.29 is 18.7 Å². The number of morpholine rings is 1. The van der Waals surface area contributed by atoms with Gasteiger partial charge in [-0.15, -0.1) is 0 Å². The van der Waals surface area contributed by atoms with Gasteiger partial charge in [0.1, 0.15) is 5.76 Å². The molecule has 0 spiro atoms. The van der Waals surface area contributed by atoms with Gasteiger partial charge in [-0.3, -0.25) is 9.59 Å². The quantitative estimate of drug-likeness (QED) is 0.780. The van der Waals surface area contributed by atoms with Crippen LogP contribution in [-0.4, -0.2) is 48.7 Å². The van der Waals surface area contributed by atoms with E-state index in [4.69, 9.17) is 20.8 Å². The minimum absolute atomic E-state index is 0.125. The fourth-order valence-corrected chi connectivity index (χ4v) is 3.94. The van der Waals surface area contributed by atoms with Gasteiger partial charge in [-0.05, 0) is 31.9 Å². The molecule has 0 bridgehead atoms. The number of ether oxygens (including phenoxy) is 1. The van der Waals surface area contributed by atoms with Crippen molar-refractivity contribution in [2.45, 2.75) is 26.2 Å². The summed E-state index contributed by atoms with van der Waals surface area (Å²) in [5.74, 6) is 0.598. The molecule has 0 saturated carbocycles. The van der Waals surface area contributed by atoms with E-state index in [1.807, 2.05) is 6.92 Å². The third kappa shape index (κ3) is 3.93. The number of hydrogen-bond acceptors (Lipinski definition) is 5. The van der Waals surface area contributed by atoms with Crippen molar-refractivity contribution in [3.8, 4) is 0 Å². The first-order valence-corrected chi connectivity index (χ1v) is 10.0. The van der Waals surface area contributed by atoms with Crippen molar-refractivity contribution in [3.05, 3.63) is 57.5 Å². The van der Waals surface area contributed by atoms with Crippen LogP contribution in [0, 0.1) is 6.92 Å². The van der Waals surface area contributed by atoms with E-state index in [0.717, 1.165) is 29.7 Å². The number of halogens is 1. The van der Waals surface area contributed by atoms with Crippen molar-refractivity contribution in [3.63, 3.8) is 0 Å². The van der Waals surface area contributed by atoms with Crippen molar-refractivity contribution >= 4 is 29.1 Å². The molecule has 1 fully saturated rings. The molecule has 152 valence electrons. The molecule has 1 N–H and O–H groups in total. The fraction of sp³-hybridized carbons (Fsp3) is 0.381. The average Bonchev–Trinajstić information content (AvgIpc) is 3.09. The number of hydrazone groups is 1. The van der Waals surface area contributed by atoms with Crippen LogP contribution in [0.25, 0.3) is 0 Å². The van der Waals surface area contributed by atoms with Crippen molar-refractivity contribution in [1.82, 2.24) is 10.3 Å². The molecule has 0 radical (unpaired) electrons. The second-order valence-electron chi connectivity index (χ2n) is 7.09. The Kier molecular flexibility index (Phi) is 5.69. The van der Waals surface area contributed by atoms with E-state index >= 15 is 0 Å². The number of hydrogen-bond donors (Lipinski definition) is 1. The standard InChI is InChI=1S/C21H22ClN3O4/c1-13-18-16(23-24-20(26)14-5-2-3-6-15(14)22)7-4-8-17(18)29-19(13)21(27)25-9-11-28-12-10-25/h2-3,5-6H,4,7-12H2,1H3,(H,24,26)/b23-16+. The van der Waals surface area contributed by atoms with Gasteiger partial charge in [-0.1, -0.05) is 23.7 Å². The molecule has 29 heavy (non-hydrogen) atoms. The Labute approximate surface area is 173 Å². The Morgan fingerprint density at radius 2 is 1.93 bits per heavy atom. The third-order valence-corrected chi connectivity index (χ3v) is 5.56. The number of carbonyl (C=O) groups is 2. The van der Waals surface area contributed by atoms with Gasteiger partial charge in [-0.2, -0.15) is 5.10 Å². The Balaban J connectivity index is 1.58. The van der Waals surface area contributed by atoms with Crippen LogP contribution in [0.4, 0.5) is 0 Å². The van der Waals surface area contributed by atoms with E-state index in [1.165, 1.54) is 0 Å². The van der Waals surface area contributed by atoms with Crippen LogP contribution < -0.4 is 5.43 Å². The van der Waals surface area contributed by atoms with Crippen LogP contribution in [-0.2, 0) is 11.2 Å². The highest BCUT2D eigenvalue weighted by Gasteiger charge is 2.30. The smallest absolute Gasteiger partial charge is 0.290 e. The van der Waals surface area contributed by atoms with Crippen LogP contribution in [0.1, 0.15) is 50.6 Å². The summed E-state index contributed by atoms with van der Waals surface area (Å²) in [7, 11) is 0. The van der Waals surface area contributed by atoms with Crippen molar-refractivity contribution in [1.29, 1.82) is 0 Å². The third-order valence-electron chi connectivity index (χ3n) is 5.23. The fourth-order valence-electron chi connectivity index (χ4n) is 3.72. The highest BCUT2D eigenvalue weighted by atomic mass is 35.5. The Hall–Kier alpha value is -2.64. The predicted octanol–water partition coefficient (Wildman–Crippen LogP) is 3.18. The summed E-state index contributed by atoms with van der Waals surface area (Å²) in [5, 5.41) is 4.71. The highest BCUT2D eigenvalue weighted by Crippen LogP contribution is 2.30. The van der Waals surface area contributed by atoms with E-state index in [1.54, 1.807) is 29.2 Å². The molecule has 1 aromatic heterocycles. The van der Waals surface area contributed by atoms with Gasteiger partial charge in [0.25, 0.3) is 11.8 Å². The molecule has 8 heteroatoms.